The van der Waals surface area contributed by atoms with Crippen LogP contribution < -0.4 is 9.64 Å². The first-order valence-corrected chi connectivity index (χ1v) is 7.07. The number of halogens is 1. The lowest BCUT2D eigenvalue weighted by Gasteiger charge is -2.31. The summed E-state index contributed by atoms with van der Waals surface area (Å²) in [6.07, 6.45) is 6.15. The van der Waals surface area contributed by atoms with Crippen LogP contribution in [0.4, 0.5) is 10.3 Å². The summed E-state index contributed by atoms with van der Waals surface area (Å²) in [5.41, 5.74) is 0. The minimum atomic E-state index is -0.405. The van der Waals surface area contributed by atoms with Crippen LogP contribution in [0.1, 0.15) is 12.8 Å². The highest BCUT2D eigenvalue weighted by Gasteiger charge is 2.21. The van der Waals surface area contributed by atoms with Crippen molar-refractivity contribution in [3.63, 3.8) is 0 Å². The van der Waals surface area contributed by atoms with Gasteiger partial charge in [-0.25, -0.2) is 19.3 Å². The van der Waals surface area contributed by atoms with E-state index in [1.54, 1.807) is 6.20 Å². The number of hydrogen-bond donors (Lipinski definition) is 0. The number of anilines is 1. The molecule has 3 rings (SSSR count). The second-order valence-electron chi connectivity index (χ2n) is 5.11. The number of hydrogen-bond acceptors (Lipinski definition) is 5. The third kappa shape index (κ3) is 3.65. The van der Waals surface area contributed by atoms with E-state index in [0.29, 0.717) is 24.4 Å². The van der Waals surface area contributed by atoms with Gasteiger partial charge in [0.05, 0.1) is 19.0 Å². The molecule has 1 aliphatic rings. The highest BCUT2D eigenvalue weighted by atomic mass is 19.1. The third-order valence-corrected chi connectivity index (χ3v) is 3.61. The molecule has 3 heterocycles. The van der Waals surface area contributed by atoms with Gasteiger partial charge in [-0.3, -0.25) is 0 Å². The van der Waals surface area contributed by atoms with Crippen LogP contribution in [-0.2, 0) is 0 Å². The molecule has 0 N–H and O–H groups in total. The Morgan fingerprint density at radius 2 is 1.90 bits per heavy atom. The van der Waals surface area contributed by atoms with Gasteiger partial charge in [-0.2, -0.15) is 0 Å². The Morgan fingerprint density at radius 1 is 1.14 bits per heavy atom. The Bertz CT molecular complexity index is 556. The van der Waals surface area contributed by atoms with Gasteiger partial charge in [0.15, 0.2) is 5.82 Å². The molecule has 0 amide bonds. The fourth-order valence-corrected chi connectivity index (χ4v) is 2.40. The predicted molar refractivity (Wildman–Crippen MR) is 76.7 cm³/mol. The van der Waals surface area contributed by atoms with Crippen molar-refractivity contribution in [1.82, 2.24) is 15.0 Å². The normalized spacial score (nSPS) is 16.0. The van der Waals surface area contributed by atoms with Gasteiger partial charge in [0.25, 0.3) is 0 Å². The van der Waals surface area contributed by atoms with E-state index < -0.39 is 5.82 Å². The maximum Gasteiger partial charge on any atom is 0.225 e. The van der Waals surface area contributed by atoms with Crippen LogP contribution in [0.15, 0.2) is 36.8 Å². The molecule has 0 aliphatic carbocycles. The maximum absolute atomic E-state index is 12.8. The summed E-state index contributed by atoms with van der Waals surface area (Å²) in [5, 5.41) is 0. The zero-order valence-corrected chi connectivity index (χ0v) is 11.7. The van der Waals surface area contributed by atoms with E-state index in [4.69, 9.17) is 4.74 Å². The molecule has 0 spiro atoms. The summed E-state index contributed by atoms with van der Waals surface area (Å²) in [5.74, 6) is 1.36. The van der Waals surface area contributed by atoms with E-state index in [2.05, 4.69) is 19.9 Å². The Balaban J connectivity index is 1.48. The largest absolute Gasteiger partial charge is 0.477 e. The van der Waals surface area contributed by atoms with Gasteiger partial charge in [-0.15, -0.1) is 0 Å². The zero-order chi connectivity index (χ0) is 14.5. The quantitative estimate of drug-likeness (QED) is 0.864. The van der Waals surface area contributed by atoms with E-state index in [0.717, 1.165) is 25.9 Å². The van der Waals surface area contributed by atoms with Crippen LogP contribution in [0.5, 0.6) is 5.88 Å². The van der Waals surface area contributed by atoms with Crippen molar-refractivity contribution < 1.29 is 9.13 Å². The Hall–Kier alpha value is -2.24. The minimum absolute atomic E-state index is 0.405. The lowest BCUT2D eigenvalue weighted by Crippen LogP contribution is -2.36. The van der Waals surface area contributed by atoms with E-state index in [1.165, 1.54) is 12.4 Å². The molecule has 0 radical (unpaired) electrons. The van der Waals surface area contributed by atoms with E-state index in [1.807, 2.05) is 18.2 Å². The second-order valence-corrected chi connectivity index (χ2v) is 5.11. The van der Waals surface area contributed by atoms with Crippen molar-refractivity contribution >= 4 is 5.95 Å². The molecular formula is C15H17FN4O. The second kappa shape index (κ2) is 6.47. The molecule has 6 heteroatoms. The fraction of sp³-hybridized carbons (Fsp3) is 0.400. The number of nitrogens with zero attached hydrogens (tertiary/aromatic N) is 4. The van der Waals surface area contributed by atoms with Gasteiger partial charge in [0.2, 0.25) is 11.8 Å². The number of piperidine rings is 1. The predicted octanol–water partition coefficient (Wildman–Crippen LogP) is 2.31. The zero-order valence-electron chi connectivity index (χ0n) is 11.7. The Labute approximate surface area is 122 Å². The monoisotopic (exact) mass is 288 g/mol. The van der Waals surface area contributed by atoms with E-state index in [-0.39, 0.29) is 0 Å². The van der Waals surface area contributed by atoms with E-state index in [9.17, 15) is 4.39 Å². The molecule has 0 bridgehead atoms. The van der Waals surface area contributed by atoms with Crippen molar-refractivity contribution in [2.24, 2.45) is 5.92 Å². The molecule has 0 aromatic carbocycles. The lowest BCUT2D eigenvalue weighted by molar-refractivity contribution is 0.215. The van der Waals surface area contributed by atoms with Crippen molar-refractivity contribution in [3.05, 3.63) is 42.6 Å². The van der Waals surface area contributed by atoms with E-state index >= 15 is 0 Å². The highest BCUT2D eigenvalue weighted by molar-refractivity contribution is 5.29. The molecule has 1 aliphatic heterocycles. The number of ether oxygens (including phenoxy) is 1. The molecule has 110 valence electrons. The van der Waals surface area contributed by atoms with Crippen LogP contribution in [0, 0.1) is 11.7 Å². The molecule has 0 saturated carbocycles. The van der Waals surface area contributed by atoms with Crippen molar-refractivity contribution in [3.8, 4) is 5.88 Å². The van der Waals surface area contributed by atoms with Crippen LogP contribution in [0.25, 0.3) is 0 Å². The number of pyridine rings is 1. The van der Waals surface area contributed by atoms with Gasteiger partial charge in [-0.05, 0) is 24.8 Å². The molecule has 21 heavy (non-hydrogen) atoms. The van der Waals surface area contributed by atoms with Crippen LogP contribution in [-0.4, -0.2) is 34.6 Å². The molecule has 1 fully saturated rings. The third-order valence-electron chi connectivity index (χ3n) is 3.61. The molecule has 2 aromatic heterocycles. The maximum atomic E-state index is 12.8. The van der Waals surface area contributed by atoms with Gasteiger partial charge in [0, 0.05) is 25.4 Å². The molecule has 0 atom stereocenters. The van der Waals surface area contributed by atoms with Gasteiger partial charge in [-0.1, -0.05) is 6.07 Å². The minimum Gasteiger partial charge on any atom is -0.477 e. The van der Waals surface area contributed by atoms with Crippen molar-refractivity contribution in [2.75, 3.05) is 24.6 Å². The number of rotatable bonds is 4. The lowest BCUT2D eigenvalue weighted by atomic mass is 9.98. The smallest absolute Gasteiger partial charge is 0.225 e. The topological polar surface area (TPSA) is 51.1 Å². The first-order chi connectivity index (χ1) is 10.3. The Kier molecular flexibility index (Phi) is 4.23. The average molecular weight is 288 g/mol. The summed E-state index contributed by atoms with van der Waals surface area (Å²) >= 11 is 0. The van der Waals surface area contributed by atoms with Crippen LogP contribution in [0.2, 0.25) is 0 Å². The molecule has 1 saturated heterocycles. The summed E-state index contributed by atoms with van der Waals surface area (Å²) in [4.78, 5) is 14.3. The first kappa shape index (κ1) is 13.7. The molecule has 5 nitrogen and oxygen atoms in total. The molecule has 2 aromatic rings. The van der Waals surface area contributed by atoms with Crippen LogP contribution in [0.3, 0.4) is 0 Å². The van der Waals surface area contributed by atoms with Crippen LogP contribution >= 0.6 is 0 Å². The Morgan fingerprint density at radius 3 is 2.57 bits per heavy atom. The average Bonchev–Trinajstić information content (AvgIpc) is 2.55. The van der Waals surface area contributed by atoms with Gasteiger partial charge in [0.1, 0.15) is 0 Å². The van der Waals surface area contributed by atoms with Gasteiger partial charge < -0.3 is 9.64 Å². The molecule has 0 unspecified atom stereocenters. The SMILES string of the molecule is Fc1cnc(N2CCC(COc3ccccn3)CC2)nc1. The summed E-state index contributed by atoms with van der Waals surface area (Å²) < 4.78 is 18.5. The van der Waals surface area contributed by atoms with Gasteiger partial charge >= 0.3 is 0 Å². The first-order valence-electron chi connectivity index (χ1n) is 7.07. The standard InChI is InChI=1S/C15H17FN4O/c16-13-9-18-15(19-10-13)20-7-4-12(5-8-20)11-21-14-3-1-2-6-17-14/h1-3,6,9-10,12H,4-5,7-8,11H2. The molecular weight excluding hydrogens is 271 g/mol. The summed E-state index contributed by atoms with van der Waals surface area (Å²) in [6, 6.07) is 5.65. The van der Waals surface area contributed by atoms with Crippen molar-refractivity contribution in [1.29, 1.82) is 0 Å². The highest BCUT2D eigenvalue weighted by Crippen LogP contribution is 2.21. The summed E-state index contributed by atoms with van der Waals surface area (Å²) in [6.45, 7) is 2.40. The van der Waals surface area contributed by atoms with Crippen molar-refractivity contribution in [2.45, 2.75) is 12.8 Å². The number of aromatic nitrogens is 3. The summed E-state index contributed by atoms with van der Waals surface area (Å²) in [7, 11) is 0. The fourth-order valence-electron chi connectivity index (χ4n) is 2.40.